The number of rotatable bonds is 2. The zero-order valence-electron chi connectivity index (χ0n) is 9.22. The van der Waals surface area contributed by atoms with Crippen molar-refractivity contribution in [2.75, 3.05) is 0 Å². The maximum absolute atomic E-state index is 10.1. The molecule has 1 nitrogen and oxygen atoms in total. The second-order valence-electron chi connectivity index (χ2n) is 3.61. The standard InChI is InChI=1S/C15H14O/c1-2-7-13-10-6-11-14(15(13)16)12-8-4-3-5-9-12/h2-11,16H,1H3/b7-2-. The van der Waals surface area contributed by atoms with E-state index in [1.54, 1.807) is 0 Å². The Hall–Kier alpha value is -2.02. The Bertz CT molecular complexity index is 498. The number of hydrogen-bond acceptors (Lipinski definition) is 1. The predicted molar refractivity (Wildman–Crippen MR) is 68.3 cm³/mol. The number of phenolic OH excluding ortho intramolecular Hbond substituents is 1. The highest BCUT2D eigenvalue weighted by atomic mass is 16.3. The fourth-order valence-corrected chi connectivity index (χ4v) is 1.73. The highest BCUT2D eigenvalue weighted by Crippen LogP contribution is 2.32. The van der Waals surface area contributed by atoms with Crippen LogP contribution in [-0.2, 0) is 0 Å². The first kappa shape index (κ1) is 10.5. The Morgan fingerprint density at radius 2 is 1.69 bits per heavy atom. The molecule has 0 heterocycles. The van der Waals surface area contributed by atoms with Crippen LogP contribution < -0.4 is 0 Å². The number of hydrogen-bond donors (Lipinski definition) is 1. The van der Waals surface area contributed by atoms with Gasteiger partial charge in [0, 0.05) is 11.1 Å². The first-order chi connectivity index (χ1) is 7.83. The van der Waals surface area contributed by atoms with Crippen LogP contribution in [-0.4, -0.2) is 5.11 Å². The number of benzene rings is 2. The van der Waals surface area contributed by atoms with E-state index in [9.17, 15) is 5.11 Å². The van der Waals surface area contributed by atoms with E-state index in [0.717, 1.165) is 16.7 Å². The predicted octanol–water partition coefficient (Wildman–Crippen LogP) is 4.09. The minimum atomic E-state index is 0.340. The molecular weight excluding hydrogens is 196 g/mol. The molecule has 2 aromatic carbocycles. The molecule has 0 saturated heterocycles. The molecule has 0 spiro atoms. The lowest BCUT2D eigenvalue weighted by Gasteiger charge is -2.07. The summed E-state index contributed by atoms with van der Waals surface area (Å²) in [7, 11) is 0. The van der Waals surface area contributed by atoms with Crippen LogP contribution in [0.25, 0.3) is 17.2 Å². The van der Waals surface area contributed by atoms with E-state index in [1.165, 1.54) is 0 Å². The Morgan fingerprint density at radius 1 is 0.938 bits per heavy atom. The van der Waals surface area contributed by atoms with E-state index >= 15 is 0 Å². The second kappa shape index (κ2) is 4.67. The van der Waals surface area contributed by atoms with Crippen LogP contribution >= 0.6 is 0 Å². The summed E-state index contributed by atoms with van der Waals surface area (Å²) in [5.74, 6) is 0.340. The van der Waals surface area contributed by atoms with Gasteiger partial charge in [0.25, 0.3) is 0 Å². The summed E-state index contributed by atoms with van der Waals surface area (Å²) in [4.78, 5) is 0. The molecule has 2 aromatic rings. The van der Waals surface area contributed by atoms with E-state index < -0.39 is 0 Å². The minimum Gasteiger partial charge on any atom is -0.507 e. The fourth-order valence-electron chi connectivity index (χ4n) is 1.73. The highest BCUT2D eigenvalue weighted by Gasteiger charge is 2.05. The monoisotopic (exact) mass is 210 g/mol. The smallest absolute Gasteiger partial charge is 0.130 e. The molecule has 0 aliphatic heterocycles. The van der Waals surface area contributed by atoms with Crippen LogP contribution in [0.4, 0.5) is 0 Å². The first-order valence-corrected chi connectivity index (χ1v) is 5.33. The lowest BCUT2D eigenvalue weighted by atomic mass is 10.0. The number of phenols is 1. The summed E-state index contributed by atoms with van der Waals surface area (Å²) < 4.78 is 0. The average Bonchev–Trinajstić information content (AvgIpc) is 2.33. The molecule has 1 heteroatoms. The largest absolute Gasteiger partial charge is 0.507 e. The summed E-state index contributed by atoms with van der Waals surface area (Å²) in [6.07, 6.45) is 3.82. The molecule has 80 valence electrons. The van der Waals surface area contributed by atoms with Crippen molar-refractivity contribution in [3.63, 3.8) is 0 Å². The number of aromatic hydroxyl groups is 1. The van der Waals surface area contributed by atoms with Crippen molar-refractivity contribution >= 4 is 6.08 Å². The third kappa shape index (κ3) is 1.98. The summed E-state index contributed by atoms with van der Waals surface area (Å²) >= 11 is 0. The van der Waals surface area contributed by atoms with Crippen LogP contribution in [0.15, 0.2) is 54.6 Å². The van der Waals surface area contributed by atoms with Crippen molar-refractivity contribution in [3.8, 4) is 16.9 Å². The van der Waals surface area contributed by atoms with Gasteiger partial charge >= 0.3 is 0 Å². The highest BCUT2D eigenvalue weighted by molar-refractivity contribution is 5.75. The van der Waals surface area contributed by atoms with Crippen LogP contribution in [0.3, 0.4) is 0 Å². The van der Waals surface area contributed by atoms with Gasteiger partial charge in [-0.2, -0.15) is 0 Å². The van der Waals surface area contributed by atoms with Crippen molar-refractivity contribution in [1.82, 2.24) is 0 Å². The molecule has 2 rings (SSSR count). The van der Waals surface area contributed by atoms with Gasteiger partial charge in [0.2, 0.25) is 0 Å². The zero-order valence-corrected chi connectivity index (χ0v) is 9.22. The summed E-state index contributed by atoms with van der Waals surface area (Å²) in [6, 6.07) is 15.7. The Balaban J connectivity index is 2.54. The van der Waals surface area contributed by atoms with E-state index in [1.807, 2.05) is 67.6 Å². The molecule has 0 unspecified atom stereocenters. The van der Waals surface area contributed by atoms with Gasteiger partial charge in [0.15, 0.2) is 0 Å². The maximum Gasteiger partial charge on any atom is 0.130 e. The van der Waals surface area contributed by atoms with Crippen LogP contribution in [0, 0.1) is 0 Å². The molecule has 1 N–H and O–H groups in total. The summed E-state index contributed by atoms with van der Waals surface area (Å²) in [5.41, 5.74) is 2.76. The second-order valence-corrected chi connectivity index (χ2v) is 3.61. The van der Waals surface area contributed by atoms with E-state index in [4.69, 9.17) is 0 Å². The number of allylic oxidation sites excluding steroid dienone is 1. The van der Waals surface area contributed by atoms with Crippen molar-refractivity contribution in [3.05, 3.63) is 60.2 Å². The van der Waals surface area contributed by atoms with Crippen molar-refractivity contribution in [2.24, 2.45) is 0 Å². The Labute approximate surface area is 95.7 Å². The molecule has 0 amide bonds. The van der Waals surface area contributed by atoms with Crippen LogP contribution in [0.5, 0.6) is 5.75 Å². The van der Waals surface area contributed by atoms with Crippen molar-refractivity contribution in [1.29, 1.82) is 0 Å². The third-order valence-corrected chi connectivity index (χ3v) is 2.50. The quantitative estimate of drug-likeness (QED) is 0.791. The van der Waals surface area contributed by atoms with Crippen LogP contribution in [0.1, 0.15) is 12.5 Å². The SMILES string of the molecule is C/C=C\c1cccc(-c2ccccc2)c1O. The van der Waals surface area contributed by atoms with Crippen molar-refractivity contribution < 1.29 is 5.11 Å². The molecule has 16 heavy (non-hydrogen) atoms. The van der Waals surface area contributed by atoms with Gasteiger partial charge in [-0.05, 0) is 12.5 Å². The average molecular weight is 210 g/mol. The lowest BCUT2D eigenvalue weighted by molar-refractivity contribution is 0.476. The van der Waals surface area contributed by atoms with Crippen molar-refractivity contribution in [2.45, 2.75) is 6.92 Å². The Morgan fingerprint density at radius 3 is 2.38 bits per heavy atom. The van der Waals surface area contributed by atoms with Crippen LogP contribution in [0.2, 0.25) is 0 Å². The van der Waals surface area contributed by atoms with E-state index in [2.05, 4.69) is 0 Å². The molecule has 0 aromatic heterocycles. The fraction of sp³-hybridized carbons (Fsp3) is 0.0667. The third-order valence-electron chi connectivity index (χ3n) is 2.50. The summed E-state index contributed by atoms with van der Waals surface area (Å²) in [6.45, 7) is 1.94. The molecule has 0 atom stereocenters. The maximum atomic E-state index is 10.1. The normalized spacial score (nSPS) is 10.8. The van der Waals surface area contributed by atoms with E-state index in [-0.39, 0.29) is 0 Å². The zero-order chi connectivity index (χ0) is 11.4. The van der Waals surface area contributed by atoms with Gasteiger partial charge in [-0.3, -0.25) is 0 Å². The first-order valence-electron chi connectivity index (χ1n) is 5.33. The van der Waals surface area contributed by atoms with Gasteiger partial charge in [0.05, 0.1) is 0 Å². The van der Waals surface area contributed by atoms with Gasteiger partial charge in [-0.25, -0.2) is 0 Å². The molecule has 0 saturated carbocycles. The molecule has 0 aliphatic rings. The molecule has 0 radical (unpaired) electrons. The minimum absolute atomic E-state index is 0.340. The number of para-hydroxylation sites is 1. The van der Waals surface area contributed by atoms with E-state index in [0.29, 0.717) is 5.75 Å². The lowest BCUT2D eigenvalue weighted by Crippen LogP contribution is -1.81. The summed E-state index contributed by atoms with van der Waals surface area (Å²) in [5, 5.41) is 10.1. The van der Waals surface area contributed by atoms with Gasteiger partial charge in [0.1, 0.15) is 5.75 Å². The molecule has 0 fully saturated rings. The van der Waals surface area contributed by atoms with Gasteiger partial charge in [-0.1, -0.05) is 60.7 Å². The van der Waals surface area contributed by atoms with Gasteiger partial charge < -0.3 is 5.11 Å². The topological polar surface area (TPSA) is 20.2 Å². The molecular formula is C15H14O. The Kier molecular flexibility index (Phi) is 3.06. The molecule has 0 bridgehead atoms. The molecule has 0 aliphatic carbocycles. The van der Waals surface area contributed by atoms with Gasteiger partial charge in [-0.15, -0.1) is 0 Å².